The van der Waals surface area contributed by atoms with Gasteiger partial charge in [-0.15, -0.1) is 0 Å². The van der Waals surface area contributed by atoms with Crippen molar-refractivity contribution in [3.05, 3.63) is 71.7 Å². The van der Waals surface area contributed by atoms with Gasteiger partial charge in [-0.1, -0.05) is 30.3 Å². The van der Waals surface area contributed by atoms with E-state index in [1.54, 1.807) is 0 Å². The Kier molecular flexibility index (Phi) is 4.81. The van der Waals surface area contributed by atoms with Crippen molar-refractivity contribution < 1.29 is 13.9 Å². The van der Waals surface area contributed by atoms with Gasteiger partial charge in [-0.3, -0.25) is 10.3 Å². The van der Waals surface area contributed by atoms with Gasteiger partial charge in [0.1, 0.15) is 18.1 Å². The first-order valence-corrected chi connectivity index (χ1v) is 8.48. The number of nitrogens with zero attached hydrogens (tertiary/aromatic N) is 5. The van der Waals surface area contributed by atoms with Crippen molar-refractivity contribution >= 4 is 29.0 Å². The van der Waals surface area contributed by atoms with Crippen LogP contribution in [0.25, 0.3) is 17.0 Å². The second-order valence-corrected chi connectivity index (χ2v) is 6.03. The predicted octanol–water partition coefficient (Wildman–Crippen LogP) is 3.73. The Hall–Kier alpha value is -3.59. The molecule has 1 N–H and O–H groups in total. The molecule has 4 aromatic rings. The Morgan fingerprint density at radius 1 is 1.18 bits per heavy atom. The fourth-order valence-corrected chi connectivity index (χ4v) is 2.67. The molecule has 4 rings (SSSR count). The number of ether oxygens (including phenoxy) is 1. The van der Waals surface area contributed by atoms with Crippen LogP contribution >= 0.6 is 11.6 Å². The van der Waals surface area contributed by atoms with Crippen LogP contribution < -0.4 is 5.32 Å². The molecule has 0 spiro atoms. The normalized spacial score (nSPS) is 10.8. The number of fused-ring (bicyclic) bond motifs is 1. The molecule has 140 valence electrons. The Bertz CT molecular complexity index is 1150. The molecule has 0 aliphatic carbocycles. The number of nitrogens with one attached hydrogen (secondary N) is 1. The summed E-state index contributed by atoms with van der Waals surface area (Å²) in [5.74, 6) is -0.390. The van der Waals surface area contributed by atoms with Gasteiger partial charge in [0.25, 0.3) is 0 Å². The minimum absolute atomic E-state index is 0.00466. The van der Waals surface area contributed by atoms with Gasteiger partial charge in [-0.2, -0.15) is 14.6 Å². The number of halogens is 2. The quantitative estimate of drug-likeness (QED) is 0.563. The molecule has 3 heterocycles. The van der Waals surface area contributed by atoms with Crippen LogP contribution in [0.15, 0.2) is 55.0 Å². The lowest BCUT2D eigenvalue weighted by Crippen LogP contribution is -2.13. The molecule has 0 radical (unpaired) electrons. The summed E-state index contributed by atoms with van der Waals surface area (Å²) in [7, 11) is 0. The first-order chi connectivity index (χ1) is 13.6. The molecule has 0 saturated heterocycles. The van der Waals surface area contributed by atoms with Gasteiger partial charge in [-0.05, 0) is 23.2 Å². The van der Waals surface area contributed by atoms with E-state index in [0.717, 1.165) is 11.8 Å². The van der Waals surface area contributed by atoms with Gasteiger partial charge in [-0.25, -0.2) is 14.2 Å². The largest absolute Gasteiger partial charge is 0.444 e. The van der Waals surface area contributed by atoms with E-state index in [0.29, 0.717) is 5.56 Å². The molecule has 1 aromatic carbocycles. The number of aromatic nitrogens is 5. The number of pyridine rings is 1. The summed E-state index contributed by atoms with van der Waals surface area (Å²) in [6, 6.07) is 10.5. The van der Waals surface area contributed by atoms with E-state index in [-0.39, 0.29) is 29.0 Å². The Balaban J connectivity index is 1.58. The van der Waals surface area contributed by atoms with E-state index in [4.69, 9.17) is 16.3 Å². The molecule has 0 unspecified atom stereocenters. The zero-order valence-electron chi connectivity index (χ0n) is 14.2. The lowest BCUT2D eigenvalue weighted by Gasteiger charge is -2.07. The van der Waals surface area contributed by atoms with Crippen molar-refractivity contribution in [1.29, 1.82) is 0 Å². The van der Waals surface area contributed by atoms with Crippen LogP contribution in [0.5, 0.6) is 0 Å². The van der Waals surface area contributed by atoms with Crippen LogP contribution in [0.1, 0.15) is 5.56 Å². The number of hydrogen-bond acceptors (Lipinski definition) is 6. The first-order valence-electron chi connectivity index (χ1n) is 8.10. The van der Waals surface area contributed by atoms with Crippen molar-refractivity contribution in [3.8, 4) is 11.4 Å². The van der Waals surface area contributed by atoms with Crippen molar-refractivity contribution in [2.24, 2.45) is 0 Å². The Morgan fingerprint density at radius 2 is 2.00 bits per heavy atom. The van der Waals surface area contributed by atoms with Crippen LogP contribution in [-0.2, 0) is 11.3 Å². The fraction of sp³-hybridized carbons (Fsp3) is 0.0556. The molecule has 0 aliphatic heterocycles. The van der Waals surface area contributed by atoms with Crippen LogP contribution in [0.2, 0.25) is 5.28 Å². The van der Waals surface area contributed by atoms with Crippen molar-refractivity contribution in [3.63, 3.8) is 0 Å². The zero-order valence-corrected chi connectivity index (χ0v) is 15.0. The van der Waals surface area contributed by atoms with Gasteiger partial charge in [0.15, 0.2) is 11.5 Å². The van der Waals surface area contributed by atoms with Crippen LogP contribution in [0.3, 0.4) is 0 Å². The molecule has 0 bridgehead atoms. The molecular formula is C18H12ClFN6O2. The first kappa shape index (κ1) is 17.8. The zero-order chi connectivity index (χ0) is 19.5. The van der Waals surface area contributed by atoms with E-state index < -0.39 is 11.9 Å². The summed E-state index contributed by atoms with van der Waals surface area (Å²) in [6.07, 6.45) is 3.16. The highest BCUT2D eigenvalue weighted by Crippen LogP contribution is 2.23. The van der Waals surface area contributed by atoms with E-state index in [2.05, 4.69) is 25.4 Å². The maximum Gasteiger partial charge on any atom is 0.412 e. The molecule has 28 heavy (non-hydrogen) atoms. The van der Waals surface area contributed by atoms with E-state index in [1.165, 1.54) is 23.0 Å². The maximum absolute atomic E-state index is 13.4. The molecule has 10 heteroatoms. The lowest BCUT2D eigenvalue weighted by molar-refractivity contribution is 0.155. The minimum atomic E-state index is -0.678. The third kappa shape index (κ3) is 3.74. The van der Waals surface area contributed by atoms with E-state index in [1.807, 2.05) is 30.3 Å². The number of amides is 1. The van der Waals surface area contributed by atoms with Gasteiger partial charge >= 0.3 is 6.09 Å². The molecule has 1 amide bonds. The monoisotopic (exact) mass is 398 g/mol. The van der Waals surface area contributed by atoms with E-state index >= 15 is 0 Å². The molecular weight excluding hydrogens is 387 g/mol. The standard InChI is InChI=1S/C18H12ClFN6O2/c19-17-25-15(12-6-13(20)8-21-7-12)24-16-14(9-22-26(16)17)23-18(27)28-10-11-4-2-1-3-5-11/h1-9H,10H2,(H,23,27). The SMILES string of the molecule is O=C(Nc1cnn2c(Cl)nc(-c3cncc(F)c3)nc12)OCc1ccccc1. The summed E-state index contributed by atoms with van der Waals surface area (Å²) in [6.45, 7) is 0.113. The number of carbonyl (C=O) groups excluding carboxylic acids is 1. The van der Waals surface area contributed by atoms with Gasteiger partial charge < -0.3 is 4.74 Å². The number of carbonyl (C=O) groups is 1. The summed E-state index contributed by atoms with van der Waals surface area (Å²) in [5.41, 5.74) is 1.69. The highest BCUT2D eigenvalue weighted by atomic mass is 35.5. The molecule has 0 aliphatic rings. The molecule has 0 atom stereocenters. The minimum Gasteiger partial charge on any atom is -0.444 e. The summed E-state index contributed by atoms with van der Waals surface area (Å²) in [4.78, 5) is 24.3. The molecule has 3 aromatic heterocycles. The average Bonchev–Trinajstić information content (AvgIpc) is 3.10. The predicted molar refractivity (Wildman–Crippen MR) is 99.2 cm³/mol. The summed E-state index contributed by atoms with van der Waals surface area (Å²) < 4.78 is 19.9. The fourth-order valence-electron chi connectivity index (χ4n) is 2.47. The van der Waals surface area contributed by atoms with Crippen LogP contribution in [-0.4, -0.2) is 30.7 Å². The third-order valence-electron chi connectivity index (χ3n) is 3.74. The molecule has 0 saturated carbocycles. The lowest BCUT2D eigenvalue weighted by atomic mass is 10.2. The van der Waals surface area contributed by atoms with Gasteiger partial charge in [0.2, 0.25) is 5.28 Å². The topological polar surface area (TPSA) is 94.3 Å². The van der Waals surface area contributed by atoms with Crippen molar-refractivity contribution in [2.45, 2.75) is 6.61 Å². The third-order valence-corrected chi connectivity index (χ3v) is 3.99. The molecule has 0 fully saturated rings. The number of benzene rings is 1. The number of hydrogen-bond donors (Lipinski definition) is 1. The van der Waals surface area contributed by atoms with Crippen LogP contribution in [0.4, 0.5) is 14.9 Å². The highest BCUT2D eigenvalue weighted by molar-refractivity contribution is 6.28. The van der Waals surface area contributed by atoms with Gasteiger partial charge in [0, 0.05) is 11.8 Å². The van der Waals surface area contributed by atoms with Gasteiger partial charge in [0.05, 0.1) is 12.4 Å². The highest BCUT2D eigenvalue weighted by Gasteiger charge is 2.16. The van der Waals surface area contributed by atoms with Crippen LogP contribution in [0, 0.1) is 5.82 Å². The number of rotatable bonds is 4. The maximum atomic E-state index is 13.4. The van der Waals surface area contributed by atoms with Crippen molar-refractivity contribution in [2.75, 3.05) is 5.32 Å². The Morgan fingerprint density at radius 3 is 2.79 bits per heavy atom. The van der Waals surface area contributed by atoms with Crippen molar-refractivity contribution in [1.82, 2.24) is 24.6 Å². The smallest absolute Gasteiger partial charge is 0.412 e. The number of anilines is 1. The molecule has 8 nitrogen and oxygen atoms in total. The van der Waals surface area contributed by atoms with E-state index in [9.17, 15) is 9.18 Å². The average molecular weight is 399 g/mol. The second-order valence-electron chi connectivity index (χ2n) is 5.69. The summed E-state index contributed by atoms with van der Waals surface area (Å²) in [5, 5.41) is 6.61. The Labute approximate surface area is 163 Å². The second kappa shape index (κ2) is 7.57. The summed E-state index contributed by atoms with van der Waals surface area (Å²) >= 11 is 6.13.